The van der Waals surface area contributed by atoms with Gasteiger partial charge < -0.3 is 11.1 Å². The second-order valence-corrected chi connectivity index (χ2v) is 4.76. The van der Waals surface area contributed by atoms with E-state index in [4.69, 9.17) is 5.73 Å². The Hall–Kier alpha value is -1.55. The van der Waals surface area contributed by atoms with E-state index in [-0.39, 0.29) is 5.91 Å². The number of hydrogen-bond donors (Lipinski definition) is 2. The van der Waals surface area contributed by atoms with Crippen molar-refractivity contribution < 1.29 is 4.79 Å². The highest BCUT2D eigenvalue weighted by molar-refractivity contribution is 5.78. The van der Waals surface area contributed by atoms with E-state index in [0.717, 1.165) is 30.6 Å². The molecule has 0 aliphatic heterocycles. The molecule has 1 amide bonds. The quantitative estimate of drug-likeness (QED) is 0.745. The van der Waals surface area contributed by atoms with E-state index in [1.54, 1.807) is 0 Å². The highest BCUT2D eigenvalue weighted by Gasteiger charge is 2.23. The third-order valence-corrected chi connectivity index (χ3v) is 2.76. The minimum absolute atomic E-state index is 0.110. The number of benzene rings is 1. The summed E-state index contributed by atoms with van der Waals surface area (Å²) in [6.07, 6.45) is 2.26. The number of carbonyl (C=O) groups excluding carboxylic acids is 1. The van der Waals surface area contributed by atoms with Gasteiger partial charge in [-0.05, 0) is 37.6 Å². The maximum Gasteiger partial charge on any atom is 0.234 e. The van der Waals surface area contributed by atoms with E-state index in [1.807, 2.05) is 36.2 Å². The lowest BCUT2D eigenvalue weighted by molar-refractivity contribution is -0.122. The van der Waals surface area contributed by atoms with E-state index in [2.05, 4.69) is 5.32 Å². The van der Waals surface area contributed by atoms with E-state index >= 15 is 0 Å². The summed E-state index contributed by atoms with van der Waals surface area (Å²) in [4.78, 5) is 13.6. The molecule has 4 nitrogen and oxygen atoms in total. The van der Waals surface area contributed by atoms with E-state index in [0.29, 0.717) is 12.6 Å². The lowest BCUT2D eigenvalue weighted by atomic mass is 10.2. The number of likely N-dealkylation sites (N-methyl/N-ethyl adjacent to an activating group) is 1. The molecule has 0 aromatic heterocycles. The SMILES string of the molecule is CN(CC(=O)NC1CC1)Cc1cccc(N)c1. The zero-order chi connectivity index (χ0) is 12.3. The molecular weight excluding hydrogens is 214 g/mol. The Morgan fingerprint density at radius 1 is 1.53 bits per heavy atom. The van der Waals surface area contributed by atoms with Crippen LogP contribution < -0.4 is 11.1 Å². The molecule has 2 rings (SSSR count). The number of nitrogens with two attached hydrogens (primary N) is 1. The number of amides is 1. The number of carbonyl (C=O) groups is 1. The van der Waals surface area contributed by atoms with Crippen LogP contribution in [0.3, 0.4) is 0 Å². The summed E-state index contributed by atoms with van der Waals surface area (Å²) in [6, 6.07) is 8.19. The van der Waals surface area contributed by atoms with Gasteiger partial charge in [-0.1, -0.05) is 12.1 Å². The number of anilines is 1. The summed E-state index contributed by atoms with van der Waals surface area (Å²) in [6.45, 7) is 1.18. The van der Waals surface area contributed by atoms with Crippen molar-refractivity contribution >= 4 is 11.6 Å². The van der Waals surface area contributed by atoms with Crippen molar-refractivity contribution in [3.63, 3.8) is 0 Å². The summed E-state index contributed by atoms with van der Waals surface area (Å²) in [7, 11) is 1.94. The first-order valence-corrected chi connectivity index (χ1v) is 5.96. The molecule has 1 aliphatic rings. The van der Waals surface area contributed by atoms with Crippen LogP contribution in [0, 0.1) is 0 Å². The van der Waals surface area contributed by atoms with Gasteiger partial charge in [0.1, 0.15) is 0 Å². The third kappa shape index (κ3) is 4.07. The van der Waals surface area contributed by atoms with Gasteiger partial charge in [-0.25, -0.2) is 0 Å². The first-order chi connectivity index (χ1) is 8.13. The van der Waals surface area contributed by atoms with Gasteiger partial charge in [-0.2, -0.15) is 0 Å². The molecule has 0 spiro atoms. The van der Waals surface area contributed by atoms with Crippen molar-refractivity contribution in [2.45, 2.75) is 25.4 Å². The Morgan fingerprint density at radius 3 is 2.94 bits per heavy atom. The van der Waals surface area contributed by atoms with Crippen molar-refractivity contribution in [2.75, 3.05) is 19.3 Å². The Kier molecular flexibility index (Phi) is 3.64. The average molecular weight is 233 g/mol. The lowest BCUT2D eigenvalue weighted by Crippen LogP contribution is -2.35. The smallest absolute Gasteiger partial charge is 0.234 e. The van der Waals surface area contributed by atoms with Gasteiger partial charge in [-0.15, -0.1) is 0 Å². The first kappa shape index (κ1) is 11.9. The van der Waals surface area contributed by atoms with Crippen molar-refractivity contribution in [1.29, 1.82) is 0 Å². The molecule has 17 heavy (non-hydrogen) atoms. The van der Waals surface area contributed by atoms with Crippen molar-refractivity contribution in [3.8, 4) is 0 Å². The first-order valence-electron chi connectivity index (χ1n) is 5.96. The molecule has 0 saturated heterocycles. The minimum atomic E-state index is 0.110. The fourth-order valence-corrected chi connectivity index (χ4v) is 1.81. The summed E-state index contributed by atoms with van der Waals surface area (Å²) in [5.74, 6) is 0.110. The van der Waals surface area contributed by atoms with Gasteiger partial charge in [-0.3, -0.25) is 9.69 Å². The van der Waals surface area contributed by atoms with E-state index in [9.17, 15) is 4.79 Å². The highest BCUT2D eigenvalue weighted by atomic mass is 16.2. The fraction of sp³-hybridized carbons (Fsp3) is 0.462. The lowest BCUT2D eigenvalue weighted by Gasteiger charge is -2.16. The molecule has 0 heterocycles. The molecule has 4 heteroatoms. The molecule has 1 aliphatic carbocycles. The molecule has 1 saturated carbocycles. The topological polar surface area (TPSA) is 58.4 Å². The van der Waals surface area contributed by atoms with Crippen LogP contribution in [-0.4, -0.2) is 30.4 Å². The summed E-state index contributed by atoms with van der Waals surface area (Å²) in [5, 5.41) is 2.98. The predicted molar refractivity (Wildman–Crippen MR) is 68.4 cm³/mol. The summed E-state index contributed by atoms with van der Waals surface area (Å²) >= 11 is 0. The maximum absolute atomic E-state index is 11.6. The van der Waals surface area contributed by atoms with Crippen LogP contribution in [0.5, 0.6) is 0 Å². The van der Waals surface area contributed by atoms with Gasteiger partial charge in [0.25, 0.3) is 0 Å². The molecule has 1 aromatic rings. The zero-order valence-electron chi connectivity index (χ0n) is 10.1. The van der Waals surface area contributed by atoms with Gasteiger partial charge in [0.15, 0.2) is 0 Å². The molecule has 0 unspecified atom stereocenters. The predicted octanol–water partition coefficient (Wildman–Crippen LogP) is 0.979. The number of nitrogens with zero attached hydrogens (tertiary/aromatic N) is 1. The fourth-order valence-electron chi connectivity index (χ4n) is 1.81. The number of nitrogen functional groups attached to an aromatic ring is 1. The van der Waals surface area contributed by atoms with Crippen molar-refractivity contribution in [2.24, 2.45) is 0 Å². The Morgan fingerprint density at radius 2 is 2.29 bits per heavy atom. The molecule has 0 atom stereocenters. The van der Waals surface area contributed by atoms with E-state index < -0.39 is 0 Å². The van der Waals surface area contributed by atoms with E-state index in [1.165, 1.54) is 0 Å². The number of hydrogen-bond acceptors (Lipinski definition) is 3. The monoisotopic (exact) mass is 233 g/mol. The largest absolute Gasteiger partial charge is 0.399 e. The van der Waals surface area contributed by atoms with Gasteiger partial charge >= 0.3 is 0 Å². The van der Waals surface area contributed by atoms with Gasteiger partial charge in [0.2, 0.25) is 5.91 Å². The van der Waals surface area contributed by atoms with Gasteiger partial charge in [0, 0.05) is 18.3 Å². The second kappa shape index (κ2) is 5.19. The third-order valence-electron chi connectivity index (χ3n) is 2.76. The number of rotatable bonds is 5. The summed E-state index contributed by atoms with van der Waals surface area (Å²) < 4.78 is 0. The molecule has 0 bridgehead atoms. The van der Waals surface area contributed by atoms with Crippen LogP contribution in [-0.2, 0) is 11.3 Å². The molecular formula is C13H19N3O. The van der Waals surface area contributed by atoms with Crippen LogP contribution in [0.25, 0.3) is 0 Å². The molecule has 3 N–H and O–H groups in total. The van der Waals surface area contributed by atoms with Gasteiger partial charge in [0.05, 0.1) is 6.54 Å². The standard InChI is InChI=1S/C13H19N3O/c1-16(9-13(17)15-12-5-6-12)8-10-3-2-4-11(14)7-10/h2-4,7,12H,5-6,8-9,14H2,1H3,(H,15,17). The number of nitrogens with one attached hydrogen (secondary N) is 1. The minimum Gasteiger partial charge on any atom is -0.399 e. The van der Waals surface area contributed by atoms with Crippen LogP contribution in [0.4, 0.5) is 5.69 Å². The van der Waals surface area contributed by atoms with Crippen LogP contribution in [0.15, 0.2) is 24.3 Å². The molecule has 1 fully saturated rings. The summed E-state index contributed by atoms with van der Waals surface area (Å²) in [5.41, 5.74) is 7.61. The molecule has 92 valence electrons. The normalized spacial score (nSPS) is 14.9. The van der Waals surface area contributed by atoms with Crippen molar-refractivity contribution in [3.05, 3.63) is 29.8 Å². The van der Waals surface area contributed by atoms with Crippen LogP contribution in [0.1, 0.15) is 18.4 Å². The average Bonchev–Trinajstić information content (AvgIpc) is 3.00. The Labute approximate surface area is 102 Å². The Balaban J connectivity index is 1.79. The molecule has 1 aromatic carbocycles. The van der Waals surface area contributed by atoms with Crippen LogP contribution in [0.2, 0.25) is 0 Å². The zero-order valence-corrected chi connectivity index (χ0v) is 10.1. The van der Waals surface area contributed by atoms with Crippen molar-refractivity contribution in [1.82, 2.24) is 10.2 Å². The Bertz CT molecular complexity index is 401. The molecule has 0 radical (unpaired) electrons. The highest BCUT2D eigenvalue weighted by Crippen LogP contribution is 2.18. The maximum atomic E-state index is 11.6. The second-order valence-electron chi connectivity index (χ2n) is 4.76. The van der Waals surface area contributed by atoms with Crippen LogP contribution >= 0.6 is 0 Å².